The zero-order valence-electron chi connectivity index (χ0n) is 12.6. The van der Waals surface area contributed by atoms with E-state index < -0.39 is 0 Å². The van der Waals surface area contributed by atoms with Gasteiger partial charge in [-0.2, -0.15) is 10.4 Å². The van der Waals surface area contributed by atoms with E-state index in [1.807, 2.05) is 15.8 Å². The van der Waals surface area contributed by atoms with E-state index >= 15 is 0 Å². The van der Waals surface area contributed by atoms with E-state index in [0.29, 0.717) is 18.2 Å². The van der Waals surface area contributed by atoms with Gasteiger partial charge in [0, 0.05) is 45.5 Å². The Balaban J connectivity index is 1.48. The molecule has 7 nitrogen and oxygen atoms in total. The SMILES string of the molecule is N#Cc1cnn(C2CCN(CCN3CCCOCC3=O)C2)c1. The minimum absolute atomic E-state index is 0.0963. The van der Waals surface area contributed by atoms with Crippen LogP contribution in [0.4, 0.5) is 0 Å². The molecule has 0 bridgehead atoms. The van der Waals surface area contributed by atoms with Crippen LogP contribution in [0.3, 0.4) is 0 Å². The Morgan fingerprint density at radius 1 is 1.41 bits per heavy atom. The standard InChI is InChI=1S/C15H21N5O2/c16-8-13-9-17-20(10-13)14-2-4-18(11-14)5-6-19-3-1-7-22-12-15(19)21/h9-10,14H,1-7,11-12H2. The predicted molar refractivity (Wildman–Crippen MR) is 79.1 cm³/mol. The van der Waals surface area contributed by atoms with Crippen molar-refractivity contribution in [3.05, 3.63) is 18.0 Å². The van der Waals surface area contributed by atoms with Crippen molar-refractivity contribution >= 4 is 5.91 Å². The number of hydrogen-bond acceptors (Lipinski definition) is 5. The highest BCUT2D eigenvalue weighted by Gasteiger charge is 2.25. The lowest BCUT2D eigenvalue weighted by atomic mass is 10.3. The van der Waals surface area contributed by atoms with E-state index in [2.05, 4.69) is 16.1 Å². The number of nitrogens with zero attached hydrogens (tertiary/aromatic N) is 5. The number of carbonyl (C=O) groups is 1. The zero-order valence-corrected chi connectivity index (χ0v) is 12.6. The van der Waals surface area contributed by atoms with Crippen LogP contribution in [0.15, 0.2) is 12.4 Å². The summed E-state index contributed by atoms with van der Waals surface area (Å²) < 4.78 is 7.15. The van der Waals surface area contributed by atoms with Crippen LogP contribution in [0.2, 0.25) is 0 Å². The van der Waals surface area contributed by atoms with Gasteiger partial charge in [0.05, 0.1) is 17.8 Å². The third kappa shape index (κ3) is 3.46. The zero-order chi connectivity index (χ0) is 15.4. The average Bonchev–Trinajstić information content (AvgIpc) is 3.14. The molecule has 0 aliphatic carbocycles. The van der Waals surface area contributed by atoms with Crippen molar-refractivity contribution in [1.29, 1.82) is 5.26 Å². The molecule has 2 saturated heterocycles. The first-order chi connectivity index (χ1) is 10.8. The lowest BCUT2D eigenvalue weighted by Gasteiger charge is -2.23. The van der Waals surface area contributed by atoms with E-state index in [1.165, 1.54) is 0 Å². The fourth-order valence-corrected chi connectivity index (χ4v) is 3.06. The molecule has 3 rings (SSSR count). The van der Waals surface area contributed by atoms with Crippen LogP contribution < -0.4 is 0 Å². The second-order valence-corrected chi connectivity index (χ2v) is 5.85. The van der Waals surface area contributed by atoms with Crippen LogP contribution >= 0.6 is 0 Å². The van der Waals surface area contributed by atoms with Crippen LogP contribution in [-0.4, -0.2) is 71.4 Å². The van der Waals surface area contributed by atoms with E-state index in [0.717, 1.165) is 45.6 Å². The summed E-state index contributed by atoms with van der Waals surface area (Å²) in [5.74, 6) is 0.0963. The van der Waals surface area contributed by atoms with Crippen LogP contribution in [0.25, 0.3) is 0 Å². The number of aromatic nitrogens is 2. The second-order valence-electron chi connectivity index (χ2n) is 5.85. The molecule has 1 aromatic heterocycles. The average molecular weight is 303 g/mol. The Bertz CT molecular complexity index is 565. The molecule has 2 aliphatic rings. The first-order valence-corrected chi connectivity index (χ1v) is 7.78. The number of likely N-dealkylation sites (tertiary alicyclic amines) is 1. The molecule has 0 saturated carbocycles. The van der Waals surface area contributed by atoms with Crippen molar-refractivity contribution in [3.8, 4) is 6.07 Å². The molecule has 3 heterocycles. The van der Waals surface area contributed by atoms with Crippen molar-refractivity contribution in [2.75, 3.05) is 45.9 Å². The largest absolute Gasteiger partial charge is 0.372 e. The number of nitriles is 1. The van der Waals surface area contributed by atoms with Gasteiger partial charge in [0.1, 0.15) is 12.7 Å². The lowest BCUT2D eigenvalue weighted by molar-refractivity contribution is -0.134. The number of rotatable bonds is 4. The molecule has 0 aromatic carbocycles. The molecular formula is C15H21N5O2. The number of carbonyl (C=O) groups excluding carboxylic acids is 1. The molecule has 1 amide bonds. The first-order valence-electron chi connectivity index (χ1n) is 7.78. The van der Waals surface area contributed by atoms with E-state index in [9.17, 15) is 4.79 Å². The fraction of sp³-hybridized carbons (Fsp3) is 0.667. The number of hydrogen-bond donors (Lipinski definition) is 0. The van der Waals surface area contributed by atoms with Gasteiger partial charge >= 0.3 is 0 Å². The molecule has 1 unspecified atom stereocenters. The van der Waals surface area contributed by atoms with Gasteiger partial charge in [0.15, 0.2) is 0 Å². The van der Waals surface area contributed by atoms with Gasteiger partial charge in [-0.3, -0.25) is 14.4 Å². The van der Waals surface area contributed by atoms with Crippen molar-refractivity contribution < 1.29 is 9.53 Å². The van der Waals surface area contributed by atoms with Crippen LogP contribution in [-0.2, 0) is 9.53 Å². The maximum atomic E-state index is 11.9. The molecule has 7 heteroatoms. The monoisotopic (exact) mass is 303 g/mol. The van der Waals surface area contributed by atoms with Gasteiger partial charge in [0.25, 0.3) is 0 Å². The van der Waals surface area contributed by atoms with Crippen molar-refractivity contribution in [2.45, 2.75) is 18.9 Å². The van der Waals surface area contributed by atoms with E-state index in [1.54, 1.807) is 6.20 Å². The van der Waals surface area contributed by atoms with Crippen LogP contribution in [0.5, 0.6) is 0 Å². The Kier molecular flexibility index (Phi) is 4.71. The maximum absolute atomic E-state index is 11.9. The Hall–Kier alpha value is -1.91. The Morgan fingerprint density at radius 2 is 2.32 bits per heavy atom. The van der Waals surface area contributed by atoms with Crippen molar-refractivity contribution in [1.82, 2.24) is 19.6 Å². The highest BCUT2D eigenvalue weighted by atomic mass is 16.5. The number of amides is 1. The topological polar surface area (TPSA) is 74.4 Å². The van der Waals surface area contributed by atoms with Crippen molar-refractivity contribution in [2.24, 2.45) is 0 Å². The quantitative estimate of drug-likeness (QED) is 0.797. The summed E-state index contributed by atoms with van der Waals surface area (Å²) in [4.78, 5) is 16.1. The molecular weight excluding hydrogens is 282 g/mol. The van der Waals surface area contributed by atoms with Gasteiger partial charge in [-0.25, -0.2) is 0 Å². The highest BCUT2D eigenvalue weighted by molar-refractivity contribution is 5.77. The molecule has 2 aliphatic heterocycles. The van der Waals surface area contributed by atoms with Gasteiger partial charge in [-0.15, -0.1) is 0 Å². The predicted octanol–water partition coefficient (Wildman–Crippen LogP) is 0.250. The van der Waals surface area contributed by atoms with E-state index in [4.69, 9.17) is 10.00 Å². The first kappa shape index (κ1) is 15.0. The summed E-state index contributed by atoms with van der Waals surface area (Å²) in [6.07, 6.45) is 5.37. The molecule has 22 heavy (non-hydrogen) atoms. The Labute approximate surface area is 130 Å². The van der Waals surface area contributed by atoms with Gasteiger partial charge in [0.2, 0.25) is 5.91 Å². The van der Waals surface area contributed by atoms with Gasteiger partial charge < -0.3 is 9.64 Å². The smallest absolute Gasteiger partial charge is 0.248 e. The fourth-order valence-electron chi connectivity index (χ4n) is 3.06. The molecule has 0 N–H and O–H groups in total. The summed E-state index contributed by atoms with van der Waals surface area (Å²) in [6, 6.07) is 2.43. The Morgan fingerprint density at radius 3 is 3.14 bits per heavy atom. The third-order valence-corrected chi connectivity index (χ3v) is 4.33. The molecule has 0 radical (unpaired) electrons. The second kappa shape index (κ2) is 6.90. The summed E-state index contributed by atoms with van der Waals surface area (Å²) in [7, 11) is 0. The maximum Gasteiger partial charge on any atom is 0.248 e. The summed E-state index contributed by atoms with van der Waals surface area (Å²) in [5, 5.41) is 13.1. The molecule has 0 spiro atoms. The van der Waals surface area contributed by atoms with Crippen LogP contribution in [0, 0.1) is 11.3 Å². The minimum Gasteiger partial charge on any atom is -0.372 e. The molecule has 2 fully saturated rings. The normalized spacial score (nSPS) is 23.5. The molecule has 118 valence electrons. The summed E-state index contributed by atoms with van der Waals surface area (Å²) in [5.41, 5.74) is 0.605. The highest BCUT2D eigenvalue weighted by Crippen LogP contribution is 2.21. The lowest BCUT2D eigenvalue weighted by Crippen LogP contribution is -2.39. The van der Waals surface area contributed by atoms with Gasteiger partial charge in [-0.05, 0) is 12.8 Å². The molecule has 1 aromatic rings. The van der Waals surface area contributed by atoms with Crippen molar-refractivity contribution in [3.63, 3.8) is 0 Å². The number of ether oxygens (including phenoxy) is 1. The van der Waals surface area contributed by atoms with Gasteiger partial charge in [-0.1, -0.05) is 0 Å². The van der Waals surface area contributed by atoms with E-state index in [-0.39, 0.29) is 12.5 Å². The summed E-state index contributed by atoms with van der Waals surface area (Å²) in [6.45, 7) is 5.25. The summed E-state index contributed by atoms with van der Waals surface area (Å²) >= 11 is 0. The van der Waals surface area contributed by atoms with Crippen LogP contribution in [0.1, 0.15) is 24.4 Å². The third-order valence-electron chi connectivity index (χ3n) is 4.33. The molecule has 1 atom stereocenters. The minimum atomic E-state index is 0.0963.